The van der Waals surface area contributed by atoms with E-state index in [1.807, 2.05) is 0 Å². The highest BCUT2D eigenvalue weighted by molar-refractivity contribution is 5.76. The fraction of sp³-hybridized carbons (Fsp3) is 0.917. The van der Waals surface area contributed by atoms with Crippen molar-refractivity contribution in [1.29, 1.82) is 0 Å². The first-order valence-corrected chi connectivity index (χ1v) is 6.27. The topological polar surface area (TPSA) is 64.0 Å². The summed E-state index contributed by atoms with van der Waals surface area (Å²) < 4.78 is 0. The molecule has 0 amide bonds. The minimum Gasteiger partial charge on any atom is -0.394 e. The van der Waals surface area contributed by atoms with Crippen LogP contribution in [-0.4, -0.2) is 77.3 Å². The van der Waals surface area contributed by atoms with E-state index in [-0.39, 0.29) is 12.4 Å². The summed E-state index contributed by atoms with van der Waals surface area (Å²) in [5.41, 5.74) is 0. The standard InChI is InChI=1S/C12H24N2O3/c1-10(7-11(2)16)14-5-3-13(4-6-14)8-12(17)9-15/h10,12,15,17H,3-9H2,1-2H3. The third kappa shape index (κ3) is 5.12. The summed E-state index contributed by atoms with van der Waals surface area (Å²) in [4.78, 5) is 15.5. The van der Waals surface area contributed by atoms with Crippen LogP contribution >= 0.6 is 0 Å². The van der Waals surface area contributed by atoms with Gasteiger partial charge in [-0.15, -0.1) is 0 Å². The normalized spacial score (nSPS) is 22.4. The zero-order valence-corrected chi connectivity index (χ0v) is 10.8. The van der Waals surface area contributed by atoms with E-state index in [0.717, 1.165) is 26.2 Å². The van der Waals surface area contributed by atoms with Crippen LogP contribution in [0, 0.1) is 0 Å². The Bertz CT molecular complexity index is 240. The van der Waals surface area contributed by atoms with Gasteiger partial charge in [-0.2, -0.15) is 0 Å². The summed E-state index contributed by atoms with van der Waals surface area (Å²) in [5, 5.41) is 18.1. The van der Waals surface area contributed by atoms with E-state index in [9.17, 15) is 9.90 Å². The van der Waals surface area contributed by atoms with Crippen LogP contribution in [0.25, 0.3) is 0 Å². The number of Topliss-reactive ketones (excluding diaryl/α,β-unsaturated/α-hetero) is 1. The predicted octanol–water partition coefficient (Wildman–Crippen LogP) is -0.675. The molecule has 5 heteroatoms. The largest absolute Gasteiger partial charge is 0.394 e. The highest BCUT2D eigenvalue weighted by Crippen LogP contribution is 2.09. The third-order valence-corrected chi connectivity index (χ3v) is 3.29. The predicted molar refractivity (Wildman–Crippen MR) is 65.9 cm³/mol. The van der Waals surface area contributed by atoms with E-state index in [1.165, 1.54) is 0 Å². The SMILES string of the molecule is CC(=O)CC(C)N1CCN(CC(O)CO)CC1. The van der Waals surface area contributed by atoms with E-state index in [0.29, 0.717) is 19.0 Å². The smallest absolute Gasteiger partial charge is 0.131 e. The van der Waals surface area contributed by atoms with Crippen molar-refractivity contribution in [1.82, 2.24) is 9.80 Å². The van der Waals surface area contributed by atoms with E-state index in [4.69, 9.17) is 5.11 Å². The van der Waals surface area contributed by atoms with Crippen molar-refractivity contribution in [3.63, 3.8) is 0 Å². The van der Waals surface area contributed by atoms with Gasteiger partial charge in [0.05, 0.1) is 12.7 Å². The Hall–Kier alpha value is -0.490. The van der Waals surface area contributed by atoms with Crippen LogP contribution in [-0.2, 0) is 4.79 Å². The molecule has 0 aromatic rings. The van der Waals surface area contributed by atoms with E-state index in [1.54, 1.807) is 6.92 Å². The molecule has 1 aliphatic heterocycles. The Balaban J connectivity index is 2.27. The lowest BCUT2D eigenvalue weighted by molar-refractivity contribution is -0.118. The molecule has 0 aliphatic carbocycles. The molecule has 17 heavy (non-hydrogen) atoms. The quantitative estimate of drug-likeness (QED) is 0.648. The molecule has 1 saturated heterocycles. The van der Waals surface area contributed by atoms with Gasteiger partial charge in [0.15, 0.2) is 0 Å². The molecule has 5 nitrogen and oxygen atoms in total. The number of hydrogen-bond donors (Lipinski definition) is 2. The van der Waals surface area contributed by atoms with Crippen LogP contribution in [0.15, 0.2) is 0 Å². The van der Waals surface area contributed by atoms with Gasteiger partial charge < -0.3 is 10.2 Å². The zero-order valence-electron chi connectivity index (χ0n) is 10.8. The Morgan fingerprint density at radius 1 is 1.29 bits per heavy atom. The van der Waals surface area contributed by atoms with Gasteiger partial charge in [0.25, 0.3) is 0 Å². The summed E-state index contributed by atoms with van der Waals surface area (Å²) in [6, 6.07) is 0.303. The molecule has 1 aliphatic rings. The first-order valence-electron chi connectivity index (χ1n) is 6.27. The Morgan fingerprint density at radius 3 is 2.35 bits per heavy atom. The Morgan fingerprint density at radius 2 is 1.88 bits per heavy atom. The molecule has 1 fully saturated rings. The number of ketones is 1. The number of carbonyl (C=O) groups excluding carboxylic acids is 1. The molecule has 0 saturated carbocycles. The molecule has 0 bridgehead atoms. The lowest BCUT2D eigenvalue weighted by Gasteiger charge is -2.38. The van der Waals surface area contributed by atoms with Crippen LogP contribution in [0.3, 0.4) is 0 Å². The van der Waals surface area contributed by atoms with Gasteiger partial charge >= 0.3 is 0 Å². The lowest BCUT2D eigenvalue weighted by atomic mass is 10.1. The Labute approximate surface area is 103 Å². The van der Waals surface area contributed by atoms with Crippen LogP contribution in [0.5, 0.6) is 0 Å². The number of aliphatic hydroxyl groups is 2. The van der Waals surface area contributed by atoms with Gasteiger partial charge in [0.1, 0.15) is 5.78 Å². The van der Waals surface area contributed by atoms with Crippen LogP contribution in [0.4, 0.5) is 0 Å². The van der Waals surface area contributed by atoms with Crippen molar-refractivity contribution in [3.05, 3.63) is 0 Å². The zero-order chi connectivity index (χ0) is 12.8. The molecule has 2 unspecified atom stereocenters. The van der Waals surface area contributed by atoms with Crippen LogP contribution in [0.1, 0.15) is 20.3 Å². The Kier molecular flexibility index (Phi) is 6.05. The maximum atomic E-state index is 11.0. The third-order valence-electron chi connectivity index (χ3n) is 3.29. The number of carbonyl (C=O) groups is 1. The van der Waals surface area contributed by atoms with Crippen molar-refractivity contribution >= 4 is 5.78 Å². The molecule has 0 aromatic heterocycles. The summed E-state index contributed by atoms with van der Waals surface area (Å²) in [7, 11) is 0. The molecule has 2 N–H and O–H groups in total. The highest BCUT2D eigenvalue weighted by atomic mass is 16.3. The van der Waals surface area contributed by atoms with Crippen LogP contribution in [0.2, 0.25) is 0 Å². The van der Waals surface area contributed by atoms with Gasteiger partial charge in [0.2, 0.25) is 0 Å². The first-order chi connectivity index (χ1) is 8.02. The van der Waals surface area contributed by atoms with Crippen molar-refractivity contribution in [2.45, 2.75) is 32.4 Å². The molecule has 0 aromatic carbocycles. The van der Waals surface area contributed by atoms with E-state index in [2.05, 4.69) is 16.7 Å². The number of nitrogens with zero attached hydrogens (tertiary/aromatic N) is 2. The first kappa shape index (κ1) is 14.6. The minimum atomic E-state index is -0.642. The average molecular weight is 244 g/mol. The van der Waals surface area contributed by atoms with Crippen molar-refractivity contribution < 1.29 is 15.0 Å². The minimum absolute atomic E-state index is 0.180. The second-order valence-electron chi connectivity index (χ2n) is 4.93. The van der Waals surface area contributed by atoms with Crippen molar-refractivity contribution in [2.75, 3.05) is 39.3 Å². The molecule has 2 atom stereocenters. The summed E-state index contributed by atoms with van der Waals surface area (Å²) in [5.74, 6) is 0.232. The fourth-order valence-corrected chi connectivity index (χ4v) is 2.29. The van der Waals surface area contributed by atoms with Gasteiger partial charge in [-0.3, -0.25) is 14.6 Å². The van der Waals surface area contributed by atoms with Gasteiger partial charge in [-0.25, -0.2) is 0 Å². The van der Waals surface area contributed by atoms with Crippen molar-refractivity contribution in [2.24, 2.45) is 0 Å². The van der Waals surface area contributed by atoms with Crippen LogP contribution < -0.4 is 0 Å². The maximum absolute atomic E-state index is 11.0. The van der Waals surface area contributed by atoms with Gasteiger partial charge in [-0.05, 0) is 13.8 Å². The second-order valence-corrected chi connectivity index (χ2v) is 4.93. The number of β-amino-alcohol motifs (C(OH)–C–C–N with tert-alkyl or cyclic N) is 1. The highest BCUT2D eigenvalue weighted by Gasteiger charge is 2.22. The molecule has 100 valence electrons. The lowest BCUT2D eigenvalue weighted by Crippen LogP contribution is -2.51. The molecular formula is C12H24N2O3. The molecule has 1 heterocycles. The van der Waals surface area contributed by atoms with Crippen molar-refractivity contribution in [3.8, 4) is 0 Å². The molecule has 0 radical (unpaired) electrons. The summed E-state index contributed by atoms with van der Waals surface area (Å²) in [6.45, 7) is 7.69. The number of hydrogen-bond acceptors (Lipinski definition) is 5. The maximum Gasteiger partial charge on any atom is 0.131 e. The number of aliphatic hydroxyl groups excluding tert-OH is 2. The molecule has 0 spiro atoms. The number of rotatable bonds is 6. The monoisotopic (exact) mass is 244 g/mol. The summed E-state index contributed by atoms with van der Waals surface area (Å²) >= 11 is 0. The second kappa shape index (κ2) is 7.06. The van der Waals surface area contributed by atoms with E-state index < -0.39 is 6.10 Å². The van der Waals surface area contributed by atoms with Gasteiger partial charge in [0, 0.05) is 45.2 Å². The fourth-order valence-electron chi connectivity index (χ4n) is 2.29. The van der Waals surface area contributed by atoms with Gasteiger partial charge in [-0.1, -0.05) is 0 Å². The van der Waals surface area contributed by atoms with E-state index >= 15 is 0 Å². The summed E-state index contributed by atoms with van der Waals surface area (Å²) in [6.07, 6.45) is -0.0320. The number of piperazine rings is 1. The molecule has 1 rings (SSSR count). The average Bonchev–Trinajstić information content (AvgIpc) is 2.28. The molecular weight excluding hydrogens is 220 g/mol.